The topological polar surface area (TPSA) is 79.2 Å². The maximum absolute atomic E-state index is 9.99. The molecule has 0 aromatic carbocycles. The molecule has 0 bridgehead atoms. The number of unbranched alkanes of at least 4 members (excludes halogenated alkanes) is 13. The van der Waals surface area contributed by atoms with Crippen LogP contribution in [-0.4, -0.2) is 59.6 Å². The van der Waals surface area contributed by atoms with Crippen molar-refractivity contribution < 1.29 is 24.8 Å². The summed E-state index contributed by atoms with van der Waals surface area (Å²) < 4.78 is 11.0. The van der Waals surface area contributed by atoms with Gasteiger partial charge in [-0.2, -0.15) is 0 Å². The average molecular weight is 389 g/mol. The molecule has 27 heavy (non-hydrogen) atoms. The van der Waals surface area contributed by atoms with Crippen molar-refractivity contribution in [3.63, 3.8) is 0 Å². The van der Waals surface area contributed by atoms with Crippen LogP contribution in [-0.2, 0) is 9.47 Å². The highest BCUT2D eigenvalue weighted by Crippen LogP contribution is 2.18. The maximum Gasteiger partial charge on any atom is 0.111 e. The van der Waals surface area contributed by atoms with Crippen molar-refractivity contribution in [2.24, 2.45) is 0 Å². The van der Waals surface area contributed by atoms with Crippen LogP contribution in [0.4, 0.5) is 0 Å². The summed E-state index contributed by atoms with van der Waals surface area (Å²) in [6.07, 6.45) is 15.2. The summed E-state index contributed by atoms with van der Waals surface area (Å²) in [5.74, 6) is 0. The molecule has 162 valence electrons. The van der Waals surface area contributed by atoms with Gasteiger partial charge in [0.2, 0.25) is 0 Å². The third-order valence-corrected chi connectivity index (χ3v) is 5.60. The minimum absolute atomic E-state index is 0.224. The molecule has 5 heteroatoms. The monoisotopic (exact) mass is 388 g/mol. The van der Waals surface area contributed by atoms with Crippen molar-refractivity contribution in [1.82, 2.24) is 0 Å². The van der Waals surface area contributed by atoms with Gasteiger partial charge in [-0.05, 0) is 6.42 Å². The summed E-state index contributed by atoms with van der Waals surface area (Å²) in [5, 5.41) is 28.9. The Hall–Kier alpha value is -0.200. The highest BCUT2D eigenvalue weighted by atomic mass is 16.6. The molecule has 0 unspecified atom stereocenters. The molecular weight excluding hydrogens is 344 g/mol. The van der Waals surface area contributed by atoms with Crippen molar-refractivity contribution in [2.45, 2.75) is 121 Å². The lowest BCUT2D eigenvalue weighted by Gasteiger charge is -2.36. The Morgan fingerprint density at radius 1 is 0.741 bits per heavy atom. The first-order valence-electron chi connectivity index (χ1n) is 11.4. The van der Waals surface area contributed by atoms with Crippen LogP contribution >= 0.6 is 0 Å². The summed E-state index contributed by atoms with van der Waals surface area (Å²) in [5.41, 5.74) is 0. The van der Waals surface area contributed by atoms with Crippen molar-refractivity contribution in [2.75, 3.05) is 19.8 Å². The van der Waals surface area contributed by atoms with Crippen LogP contribution in [0.2, 0.25) is 0 Å². The van der Waals surface area contributed by atoms with Crippen LogP contribution in [0.5, 0.6) is 0 Å². The number of aliphatic hydroxyl groups is 3. The van der Waals surface area contributed by atoms with Gasteiger partial charge in [0.1, 0.15) is 24.4 Å². The molecule has 0 aromatic rings. The molecule has 5 nitrogen and oxygen atoms in total. The highest BCUT2D eigenvalue weighted by Gasteiger charge is 2.38. The predicted octanol–water partition coefficient (Wildman–Crippen LogP) is 3.97. The van der Waals surface area contributed by atoms with E-state index in [1.54, 1.807) is 0 Å². The molecule has 1 aliphatic rings. The van der Waals surface area contributed by atoms with Gasteiger partial charge < -0.3 is 24.8 Å². The average Bonchev–Trinajstić information content (AvgIpc) is 2.68. The Morgan fingerprint density at radius 2 is 1.22 bits per heavy atom. The van der Waals surface area contributed by atoms with E-state index in [-0.39, 0.29) is 13.2 Å². The van der Waals surface area contributed by atoms with E-state index in [9.17, 15) is 10.2 Å². The van der Waals surface area contributed by atoms with Gasteiger partial charge in [0.25, 0.3) is 0 Å². The molecular formula is C22H44O5. The number of hydrogen-bond acceptors (Lipinski definition) is 5. The second-order valence-corrected chi connectivity index (χ2v) is 8.04. The zero-order valence-corrected chi connectivity index (χ0v) is 17.5. The molecule has 0 saturated carbocycles. The van der Waals surface area contributed by atoms with E-state index >= 15 is 0 Å². The van der Waals surface area contributed by atoms with Crippen molar-refractivity contribution in [3.05, 3.63) is 0 Å². The molecule has 0 aliphatic carbocycles. The van der Waals surface area contributed by atoms with E-state index in [0.717, 1.165) is 12.8 Å². The smallest absolute Gasteiger partial charge is 0.111 e. The third kappa shape index (κ3) is 11.4. The lowest BCUT2D eigenvalue weighted by molar-refractivity contribution is -0.208. The van der Waals surface area contributed by atoms with Gasteiger partial charge in [-0.3, -0.25) is 0 Å². The van der Waals surface area contributed by atoms with E-state index in [2.05, 4.69) is 6.92 Å². The minimum Gasteiger partial charge on any atom is -0.394 e. The van der Waals surface area contributed by atoms with E-state index < -0.39 is 24.4 Å². The largest absolute Gasteiger partial charge is 0.394 e. The van der Waals surface area contributed by atoms with Crippen LogP contribution in [0, 0.1) is 0 Å². The summed E-state index contributed by atoms with van der Waals surface area (Å²) in [6.45, 7) is 2.79. The maximum atomic E-state index is 9.99. The van der Waals surface area contributed by atoms with E-state index in [4.69, 9.17) is 14.6 Å². The normalized spacial score (nSPS) is 25.8. The Labute approximate surface area is 166 Å². The summed E-state index contributed by atoms with van der Waals surface area (Å²) in [6, 6.07) is 0. The van der Waals surface area contributed by atoms with Crippen molar-refractivity contribution in [1.29, 1.82) is 0 Å². The van der Waals surface area contributed by atoms with Crippen LogP contribution in [0.1, 0.15) is 96.8 Å². The van der Waals surface area contributed by atoms with Gasteiger partial charge in [-0.15, -0.1) is 0 Å². The molecule has 0 aromatic heterocycles. The third-order valence-electron chi connectivity index (χ3n) is 5.60. The summed E-state index contributed by atoms with van der Waals surface area (Å²) in [4.78, 5) is 0. The lowest BCUT2D eigenvalue weighted by atomic mass is 10.0. The Balaban J connectivity index is 1.83. The number of ether oxygens (including phenoxy) is 2. The molecule has 0 spiro atoms. The molecule has 0 radical (unpaired) electrons. The van der Waals surface area contributed by atoms with E-state index in [0.29, 0.717) is 6.61 Å². The molecule has 1 rings (SSSR count). The fraction of sp³-hybridized carbons (Fsp3) is 1.00. The second-order valence-electron chi connectivity index (χ2n) is 8.04. The highest BCUT2D eigenvalue weighted by molar-refractivity contribution is 4.87. The first-order chi connectivity index (χ1) is 13.2. The van der Waals surface area contributed by atoms with E-state index in [1.165, 1.54) is 77.0 Å². The van der Waals surface area contributed by atoms with Crippen LogP contribution in [0.25, 0.3) is 0 Å². The molecule has 1 fully saturated rings. The number of aliphatic hydroxyl groups excluding tert-OH is 3. The molecule has 0 amide bonds. The minimum atomic E-state index is -1.08. The second kappa shape index (κ2) is 16.7. The van der Waals surface area contributed by atoms with Crippen LogP contribution in [0.15, 0.2) is 0 Å². The van der Waals surface area contributed by atoms with Crippen molar-refractivity contribution >= 4 is 0 Å². The van der Waals surface area contributed by atoms with Gasteiger partial charge >= 0.3 is 0 Å². The van der Waals surface area contributed by atoms with Gasteiger partial charge in [0, 0.05) is 6.61 Å². The fourth-order valence-corrected chi connectivity index (χ4v) is 3.69. The molecule has 1 aliphatic heterocycles. The molecule has 3 N–H and O–H groups in total. The summed E-state index contributed by atoms with van der Waals surface area (Å²) >= 11 is 0. The lowest BCUT2D eigenvalue weighted by Crippen LogP contribution is -2.55. The van der Waals surface area contributed by atoms with Gasteiger partial charge in [-0.25, -0.2) is 0 Å². The fourth-order valence-electron chi connectivity index (χ4n) is 3.69. The SMILES string of the molecule is CCCCCCCCCCCCCCCCO[C@@H]1CO[C@@H](CO)[C@H](O)[C@H]1O. The zero-order chi connectivity index (χ0) is 19.7. The van der Waals surface area contributed by atoms with Crippen molar-refractivity contribution in [3.8, 4) is 0 Å². The van der Waals surface area contributed by atoms with Crippen LogP contribution < -0.4 is 0 Å². The van der Waals surface area contributed by atoms with Gasteiger partial charge in [-0.1, -0.05) is 90.4 Å². The van der Waals surface area contributed by atoms with Crippen LogP contribution in [0.3, 0.4) is 0 Å². The van der Waals surface area contributed by atoms with Gasteiger partial charge in [0.15, 0.2) is 0 Å². The first kappa shape index (κ1) is 24.8. The molecule has 1 saturated heterocycles. The first-order valence-corrected chi connectivity index (χ1v) is 11.4. The summed E-state index contributed by atoms with van der Waals surface area (Å²) in [7, 11) is 0. The Kier molecular flexibility index (Phi) is 15.4. The van der Waals surface area contributed by atoms with E-state index in [1.807, 2.05) is 0 Å². The molecule has 1 heterocycles. The number of hydrogen-bond donors (Lipinski definition) is 3. The Bertz CT molecular complexity index is 326. The predicted molar refractivity (Wildman–Crippen MR) is 109 cm³/mol. The van der Waals surface area contributed by atoms with Gasteiger partial charge in [0.05, 0.1) is 13.2 Å². The standard InChI is InChI=1S/C22H44O5/c1-2-3-4-5-6-7-8-9-10-11-12-13-14-15-16-26-20-18-27-19(17-23)21(24)22(20)25/h19-25H,2-18H2,1H3/t19-,20+,21-,22-/m0/s1. The molecule has 4 atom stereocenters. The quantitative estimate of drug-likeness (QED) is 0.329. The zero-order valence-electron chi connectivity index (χ0n) is 17.5. The number of rotatable bonds is 17. The Morgan fingerprint density at radius 3 is 1.70 bits per heavy atom.